The minimum atomic E-state index is 0.433. The fourth-order valence-corrected chi connectivity index (χ4v) is 2.64. The zero-order chi connectivity index (χ0) is 12.7. The summed E-state index contributed by atoms with van der Waals surface area (Å²) >= 11 is 5.38. The molecule has 0 saturated carbocycles. The quantitative estimate of drug-likeness (QED) is 0.835. The van der Waals surface area contributed by atoms with Crippen LogP contribution in [0.2, 0.25) is 0 Å². The van der Waals surface area contributed by atoms with Crippen LogP contribution in [0, 0.1) is 4.77 Å². The molecule has 0 aliphatic carbocycles. The van der Waals surface area contributed by atoms with Crippen molar-refractivity contribution in [3.63, 3.8) is 0 Å². The van der Waals surface area contributed by atoms with Gasteiger partial charge in [-0.2, -0.15) is 0 Å². The van der Waals surface area contributed by atoms with Gasteiger partial charge >= 0.3 is 0 Å². The molecule has 0 fully saturated rings. The predicted octanol–water partition coefficient (Wildman–Crippen LogP) is 3.69. The maximum atomic E-state index is 5.45. The van der Waals surface area contributed by atoms with E-state index in [2.05, 4.69) is 41.6 Å². The van der Waals surface area contributed by atoms with E-state index in [-0.39, 0.29) is 0 Å². The van der Waals surface area contributed by atoms with Gasteiger partial charge in [-0.05, 0) is 41.4 Å². The molecule has 3 rings (SSSR count). The van der Waals surface area contributed by atoms with Crippen molar-refractivity contribution in [3.8, 4) is 5.69 Å². The lowest BCUT2D eigenvalue weighted by atomic mass is 10.1. The van der Waals surface area contributed by atoms with Crippen LogP contribution in [0.1, 0.15) is 36.6 Å². The van der Waals surface area contributed by atoms with Gasteiger partial charge in [0.15, 0.2) is 4.77 Å². The summed E-state index contributed by atoms with van der Waals surface area (Å²) in [6.45, 7) is 5.78. The summed E-state index contributed by atoms with van der Waals surface area (Å²) in [7, 11) is 0. The van der Waals surface area contributed by atoms with Crippen molar-refractivity contribution in [1.82, 2.24) is 9.55 Å². The maximum absolute atomic E-state index is 5.45. The SMILES string of the molecule is CC(C)c1c[nH]c(=S)n1-c1ccc2c(c1)COC2. The van der Waals surface area contributed by atoms with Crippen molar-refractivity contribution in [2.45, 2.75) is 33.0 Å². The van der Waals surface area contributed by atoms with Gasteiger partial charge in [0, 0.05) is 17.6 Å². The van der Waals surface area contributed by atoms with Crippen LogP contribution in [0.3, 0.4) is 0 Å². The molecule has 0 spiro atoms. The lowest BCUT2D eigenvalue weighted by molar-refractivity contribution is 0.134. The second-order valence-electron chi connectivity index (χ2n) is 4.95. The van der Waals surface area contributed by atoms with Gasteiger partial charge in [0.2, 0.25) is 0 Å². The Morgan fingerprint density at radius 1 is 1.28 bits per heavy atom. The van der Waals surface area contributed by atoms with Crippen LogP contribution < -0.4 is 0 Å². The zero-order valence-corrected chi connectivity index (χ0v) is 11.4. The zero-order valence-electron chi connectivity index (χ0n) is 10.6. The molecular formula is C14H16N2OS. The summed E-state index contributed by atoms with van der Waals surface area (Å²) < 4.78 is 8.31. The lowest BCUT2D eigenvalue weighted by Gasteiger charge is -2.12. The molecule has 1 aliphatic heterocycles. The van der Waals surface area contributed by atoms with E-state index in [1.165, 1.54) is 16.8 Å². The second-order valence-corrected chi connectivity index (χ2v) is 5.34. The Bertz CT molecular complexity index is 639. The minimum absolute atomic E-state index is 0.433. The van der Waals surface area contributed by atoms with Crippen LogP contribution in [-0.4, -0.2) is 9.55 Å². The fourth-order valence-electron chi connectivity index (χ4n) is 2.37. The molecule has 2 aromatic rings. The van der Waals surface area contributed by atoms with Gasteiger partial charge < -0.3 is 9.72 Å². The third-order valence-electron chi connectivity index (χ3n) is 3.36. The Hall–Kier alpha value is -1.39. The number of ether oxygens (including phenoxy) is 1. The number of nitrogens with one attached hydrogen (secondary N) is 1. The molecule has 1 N–H and O–H groups in total. The van der Waals surface area contributed by atoms with Crippen molar-refractivity contribution >= 4 is 12.2 Å². The average Bonchev–Trinajstić information content (AvgIpc) is 2.93. The number of hydrogen-bond acceptors (Lipinski definition) is 2. The molecule has 0 amide bonds. The van der Waals surface area contributed by atoms with Crippen LogP contribution in [0.5, 0.6) is 0 Å². The third-order valence-corrected chi connectivity index (χ3v) is 3.66. The molecule has 0 radical (unpaired) electrons. The summed E-state index contributed by atoms with van der Waals surface area (Å²) in [4.78, 5) is 3.13. The Morgan fingerprint density at radius 2 is 2.06 bits per heavy atom. The number of aromatic nitrogens is 2. The molecule has 1 aromatic heterocycles. The van der Waals surface area contributed by atoms with Crippen LogP contribution >= 0.6 is 12.2 Å². The van der Waals surface area contributed by atoms with Crippen molar-refractivity contribution in [3.05, 3.63) is 46.0 Å². The highest BCUT2D eigenvalue weighted by atomic mass is 32.1. The summed E-state index contributed by atoms with van der Waals surface area (Å²) in [5.74, 6) is 0.433. The molecule has 1 aliphatic rings. The standard InChI is InChI=1S/C14H16N2OS/c1-9(2)13-6-15-14(18)16(13)12-4-3-10-7-17-8-11(10)5-12/h3-6,9H,7-8H2,1-2H3,(H,15,18). The predicted molar refractivity (Wildman–Crippen MR) is 73.5 cm³/mol. The molecule has 0 atom stereocenters. The molecule has 0 saturated heterocycles. The Labute approximate surface area is 111 Å². The number of hydrogen-bond donors (Lipinski definition) is 1. The fraction of sp³-hybridized carbons (Fsp3) is 0.357. The second kappa shape index (κ2) is 4.37. The van der Waals surface area contributed by atoms with Gasteiger partial charge in [0.25, 0.3) is 0 Å². The van der Waals surface area contributed by atoms with Crippen molar-refractivity contribution in [1.29, 1.82) is 0 Å². The molecule has 0 unspecified atom stereocenters. The number of benzene rings is 1. The topological polar surface area (TPSA) is 29.9 Å². The first-order chi connectivity index (χ1) is 8.66. The van der Waals surface area contributed by atoms with Crippen LogP contribution in [-0.2, 0) is 18.0 Å². The normalized spacial score (nSPS) is 14.2. The van der Waals surface area contributed by atoms with Gasteiger partial charge in [0.05, 0.1) is 13.2 Å². The van der Waals surface area contributed by atoms with Crippen molar-refractivity contribution < 1.29 is 4.74 Å². The first-order valence-corrected chi connectivity index (χ1v) is 6.58. The molecule has 0 bridgehead atoms. The summed E-state index contributed by atoms with van der Waals surface area (Å²) in [5, 5.41) is 0. The number of fused-ring (bicyclic) bond motifs is 1. The van der Waals surface area contributed by atoms with E-state index in [0.29, 0.717) is 12.5 Å². The van der Waals surface area contributed by atoms with Gasteiger partial charge in [0.1, 0.15) is 0 Å². The molecular weight excluding hydrogens is 244 g/mol. The van der Waals surface area contributed by atoms with E-state index in [1.807, 2.05) is 6.20 Å². The van der Waals surface area contributed by atoms with Crippen LogP contribution in [0.15, 0.2) is 24.4 Å². The molecule has 94 valence electrons. The monoisotopic (exact) mass is 260 g/mol. The van der Waals surface area contributed by atoms with Gasteiger partial charge in [-0.3, -0.25) is 4.57 Å². The maximum Gasteiger partial charge on any atom is 0.182 e. The number of H-pyrrole nitrogens is 1. The average molecular weight is 260 g/mol. The Kier molecular flexibility index (Phi) is 2.84. The largest absolute Gasteiger partial charge is 0.372 e. The number of rotatable bonds is 2. The molecule has 3 nitrogen and oxygen atoms in total. The van der Waals surface area contributed by atoms with E-state index >= 15 is 0 Å². The highest BCUT2D eigenvalue weighted by Gasteiger charge is 2.14. The van der Waals surface area contributed by atoms with Gasteiger partial charge in [-0.1, -0.05) is 19.9 Å². The van der Waals surface area contributed by atoms with E-state index < -0.39 is 0 Å². The van der Waals surface area contributed by atoms with Gasteiger partial charge in [-0.15, -0.1) is 0 Å². The molecule has 2 heterocycles. The highest BCUT2D eigenvalue weighted by Crippen LogP contribution is 2.25. The highest BCUT2D eigenvalue weighted by molar-refractivity contribution is 7.71. The molecule has 4 heteroatoms. The molecule has 1 aromatic carbocycles. The van der Waals surface area contributed by atoms with Crippen molar-refractivity contribution in [2.24, 2.45) is 0 Å². The smallest absolute Gasteiger partial charge is 0.182 e. The van der Waals surface area contributed by atoms with Crippen molar-refractivity contribution in [2.75, 3.05) is 0 Å². The summed E-state index contributed by atoms with van der Waals surface area (Å²) in [6, 6.07) is 6.43. The van der Waals surface area contributed by atoms with E-state index in [4.69, 9.17) is 17.0 Å². The number of aromatic amines is 1. The third kappa shape index (κ3) is 1.82. The number of nitrogens with zero attached hydrogens (tertiary/aromatic N) is 1. The van der Waals surface area contributed by atoms with Crippen LogP contribution in [0.25, 0.3) is 5.69 Å². The molecule has 18 heavy (non-hydrogen) atoms. The van der Waals surface area contributed by atoms with Gasteiger partial charge in [-0.25, -0.2) is 0 Å². The summed E-state index contributed by atoms with van der Waals surface area (Å²) in [6.07, 6.45) is 2.00. The first-order valence-electron chi connectivity index (χ1n) is 6.17. The lowest BCUT2D eigenvalue weighted by Crippen LogP contribution is -2.02. The Balaban J connectivity index is 2.15. The Morgan fingerprint density at radius 3 is 2.83 bits per heavy atom. The summed E-state index contributed by atoms with van der Waals surface area (Å²) in [5.41, 5.74) is 4.88. The van der Waals surface area contributed by atoms with Crippen LogP contribution in [0.4, 0.5) is 0 Å². The van der Waals surface area contributed by atoms with E-state index in [0.717, 1.165) is 17.1 Å². The van der Waals surface area contributed by atoms with E-state index in [1.54, 1.807) is 0 Å². The first kappa shape index (κ1) is 11.7. The van der Waals surface area contributed by atoms with E-state index in [9.17, 15) is 0 Å². The number of imidazole rings is 1. The minimum Gasteiger partial charge on any atom is -0.372 e.